The van der Waals surface area contributed by atoms with Crippen LogP contribution in [0, 0.1) is 0 Å². The summed E-state index contributed by atoms with van der Waals surface area (Å²) in [5.74, 6) is 0.310. The number of benzene rings is 2. The minimum Gasteiger partial charge on any atom is -0.465 e. The summed E-state index contributed by atoms with van der Waals surface area (Å²) in [5, 5.41) is 5.30. The number of carbonyl (C=O) groups excluding carboxylic acids is 1. The molecule has 0 saturated carbocycles. The molecule has 2 heterocycles. The molecule has 7 heteroatoms. The fourth-order valence-electron chi connectivity index (χ4n) is 3.02. The largest absolute Gasteiger partial charge is 0.465 e. The maximum absolute atomic E-state index is 11.8. The highest BCUT2D eigenvalue weighted by molar-refractivity contribution is 6.00. The molecular formula is C20H19N5O2. The SMILES string of the molecule is CCOC(=O)Cn1cc(/C=N\Nc2nc3ccccc3[nH]2)c2ccccc21. The third-order valence-corrected chi connectivity index (χ3v) is 4.19. The number of esters is 1. The van der Waals surface area contributed by atoms with Gasteiger partial charge in [0, 0.05) is 22.7 Å². The van der Waals surface area contributed by atoms with E-state index in [0.29, 0.717) is 12.6 Å². The Balaban J connectivity index is 1.57. The van der Waals surface area contributed by atoms with Crippen LogP contribution in [0.5, 0.6) is 0 Å². The Labute approximate surface area is 155 Å². The lowest BCUT2D eigenvalue weighted by atomic mass is 10.2. The molecule has 7 nitrogen and oxygen atoms in total. The number of ether oxygens (including phenoxy) is 1. The molecule has 0 fully saturated rings. The number of imidazole rings is 1. The number of hydrogen-bond acceptors (Lipinski definition) is 5. The third kappa shape index (κ3) is 3.52. The van der Waals surface area contributed by atoms with Crippen LogP contribution in [0.25, 0.3) is 21.9 Å². The molecule has 0 unspecified atom stereocenters. The molecule has 4 aromatic rings. The Hall–Kier alpha value is -3.61. The van der Waals surface area contributed by atoms with E-state index in [1.807, 2.05) is 59.3 Å². The summed E-state index contributed by atoms with van der Waals surface area (Å²) in [6.07, 6.45) is 3.61. The fraction of sp³-hybridized carbons (Fsp3) is 0.150. The maximum atomic E-state index is 11.8. The zero-order valence-corrected chi connectivity index (χ0v) is 14.8. The highest BCUT2D eigenvalue weighted by Gasteiger charge is 2.10. The fourth-order valence-corrected chi connectivity index (χ4v) is 3.02. The molecule has 2 aromatic carbocycles. The second kappa shape index (κ2) is 7.33. The quantitative estimate of drug-likeness (QED) is 0.313. The van der Waals surface area contributed by atoms with E-state index < -0.39 is 0 Å². The topological polar surface area (TPSA) is 84.3 Å². The number of aromatic amines is 1. The van der Waals surface area contributed by atoms with Gasteiger partial charge in [0.15, 0.2) is 0 Å². The van der Waals surface area contributed by atoms with Gasteiger partial charge in [0.25, 0.3) is 0 Å². The number of hydrogen-bond donors (Lipinski definition) is 2. The lowest BCUT2D eigenvalue weighted by Gasteiger charge is -2.04. The van der Waals surface area contributed by atoms with Gasteiger partial charge in [-0.3, -0.25) is 4.79 Å². The molecule has 0 aliphatic carbocycles. The molecule has 2 aromatic heterocycles. The first-order valence-electron chi connectivity index (χ1n) is 8.72. The van der Waals surface area contributed by atoms with Crippen molar-refractivity contribution in [2.45, 2.75) is 13.5 Å². The van der Waals surface area contributed by atoms with Gasteiger partial charge in [-0.25, -0.2) is 10.4 Å². The number of rotatable bonds is 6. The van der Waals surface area contributed by atoms with Crippen molar-refractivity contribution < 1.29 is 9.53 Å². The van der Waals surface area contributed by atoms with Gasteiger partial charge in [0.2, 0.25) is 5.95 Å². The first-order chi connectivity index (χ1) is 13.2. The average molecular weight is 361 g/mol. The van der Waals surface area contributed by atoms with E-state index in [1.54, 1.807) is 13.1 Å². The molecule has 0 spiro atoms. The third-order valence-electron chi connectivity index (χ3n) is 4.19. The number of para-hydroxylation sites is 3. The molecule has 4 rings (SSSR count). The minimum atomic E-state index is -0.262. The Morgan fingerprint density at radius 3 is 2.93 bits per heavy atom. The molecule has 27 heavy (non-hydrogen) atoms. The van der Waals surface area contributed by atoms with E-state index in [-0.39, 0.29) is 12.5 Å². The molecule has 0 atom stereocenters. The summed E-state index contributed by atoms with van der Waals surface area (Å²) in [6.45, 7) is 2.33. The summed E-state index contributed by atoms with van der Waals surface area (Å²) < 4.78 is 6.92. The molecule has 0 saturated heterocycles. The number of hydrazone groups is 1. The van der Waals surface area contributed by atoms with Crippen LogP contribution in [0.2, 0.25) is 0 Å². The van der Waals surface area contributed by atoms with Crippen LogP contribution in [0.1, 0.15) is 12.5 Å². The zero-order chi connectivity index (χ0) is 18.6. The molecule has 0 radical (unpaired) electrons. The molecule has 0 aliphatic rings. The monoisotopic (exact) mass is 361 g/mol. The second-order valence-electron chi connectivity index (χ2n) is 6.01. The van der Waals surface area contributed by atoms with Crippen molar-refractivity contribution in [1.29, 1.82) is 0 Å². The van der Waals surface area contributed by atoms with Gasteiger partial charge in [0.05, 0.1) is 23.9 Å². The van der Waals surface area contributed by atoms with Crippen molar-refractivity contribution in [3.05, 3.63) is 60.3 Å². The first-order valence-corrected chi connectivity index (χ1v) is 8.72. The van der Waals surface area contributed by atoms with E-state index in [0.717, 1.165) is 27.5 Å². The lowest BCUT2D eigenvalue weighted by molar-refractivity contribution is -0.143. The van der Waals surface area contributed by atoms with Crippen LogP contribution in [-0.2, 0) is 16.1 Å². The molecule has 2 N–H and O–H groups in total. The summed E-state index contributed by atoms with van der Waals surface area (Å²) in [7, 11) is 0. The standard InChI is InChI=1S/C20H19N5O2/c1-2-27-19(26)13-25-12-14(15-7-3-6-10-18(15)25)11-21-24-20-22-16-8-4-5-9-17(16)23-20/h3-12H,2,13H2,1H3,(H2,22,23,24)/b21-11-. The Bertz CT molecular complexity index is 1090. The van der Waals surface area contributed by atoms with Crippen LogP contribution in [0.15, 0.2) is 59.8 Å². The van der Waals surface area contributed by atoms with Gasteiger partial charge in [-0.2, -0.15) is 5.10 Å². The van der Waals surface area contributed by atoms with Crippen molar-refractivity contribution in [2.24, 2.45) is 5.10 Å². The van der Waals surface area contributed by atoms with Crippen LogP contribution in [0.4, 0.5) is 5.95 Å². The van der Waals surface area contributed by atoms with Crippen LogP contribution in [0.3, 0.4) is 0 Å². The summed E-state index contributed by atoms with van der Waals surface area (Å²) in [4.78, 5) is 19.4. The van der Waals surface area contributed by atoms with Crippen LogP contribution >= 0.6 is 0 Å². The number of aromatic nitrogens is 3. The maximum Gasteiger partial charge on any atom is 0.325 e. The van der Waals surface area contributed by atoms with E-state index in [2.05, 4.69) is 20.5 Å². The number of anilines is 1. The second-order valence-corrected chi connectivity index (χ2v) is 6.01. The average Bonchev–Trinajstić information content (AvgIpc) is 3.24. The van der Waals surface area contributed by atoms with Crippen molar-refractivity contribution >= 4 is 40.1 Å². The van der Waals surface area contributed by atoms with Crippen molar-refractivity contribution in [3.63, 3.8) is 0 Å². The number of nitrogens with zero attached hydrogens (tertiary/aromatic N) is 3. The predicted molar refractivity (Wildman–Crippen MR) is 106 cm³/mol. The predicted octanol–water partition coefficient (Wildman–Crippen LogP) is 3.53. The summed E-state index contributed by atoms with van der Waals surface area (Å²) in [6, 6.07) is 15.7. The van der Waals surface area contributed by atoms with Gasteiger partial charge < -0.3 is 14.3 Å². The minimum absolute atomic E-state index is 0.166. The highest BCUT2D eigenvalue weighted by atomic mass is 16.5. The number of H-pyrrole nitrogens is 1. The Morgan fingerprint density at radius 2 is 2.07 bits per heavy atom. The Kier molecular flexibility index (Phi) is 4.57. The number of nitrogens with one attached hydrogen (secondary N) is 2. The van der Waals surface area contributed by atoms with Crippen LogP contribution < -0.4 is 5.43 Å². The molecule has 0 bridgehead atoms. The van der Waals surface area contributed by atoms with Gasteiger partial charge in [-0.05, 0) is 25.1 Å². The molecule has 0 amide bonds. The van der Waals surface area contributed by atoms with Crippen molar-refractivity contribution in [1.82, 2.24) is 14.5 Å². The van der Waals surface area contributed by atoms with Gasteiger partial charge in [-0.1, -0.05) is 30.3 Å². The highest BCUT2D eigenvalue weighted by Crippen LogP contribution is 2.20. The molecular weight excluding hydrogens is 342 g/mol. The summed E-state index contributed by atoms with van der Waals surface area (Å²) in [5.41, 5.74) is 6.60. The first kappa shape index (κ1) is 16.8. The summed E-state index contributed by atoms with van der Waals surface area (Å²) >= 11 is 0. The van der Waals surface area contributed by atoms with E-state index >= 15 is 0 Å². The van der Waals surface area contributed by atoms with E-state index in [4.69, 9.17) is 4.74 Å². The lowest BCUT2D eigenvalue weighted by Crippen LogP contribution is -2.12. The van der Waals surface area contributed by atoms with E-state index in [9.17, 15) is 4.79 Å². The molecule has 0 aliphatic heterocycles. The van der Waals surface area contributed by atoms with Gasteiger partial charge in [0.1, 0.15) is 6.54 Å². The zero-order valence-electron chi connectivity index (χ0n) is 14.8. The van der Waals surface area contributed by atoms with Crippen LogP contribution in [-0.4, -0.2) is 33.3 Å². The normalized spacial score (nSPS) is 11.4. The smallest absolute Gasteiger partial charge is 0.325 e. The van der Waals surface area contributed by atoms with Gasteiger partial charge >= 0.3 is 5.97 Å². The number of carbonyl (C=O) groups is 1. The van der Waals surface area contributed by atoms with E-state index in [1.165, 1.54) is 0 Å². The molecule has 136 valence electrons. The number of fused-ring (bicyclic) bond motifs is 2. The van der Waals surface area contributed by atoms with Crippen molar-refractivity contribution in [2.75, 3.05) is 12.0 Å². The Morgan fingerprint density at radius 1 is 1.26 bits per heavy atom. The van der Waals surface area contributed by atoms with Crippen molar-refractivity contribution in [3.8, 4) is 0 Å². The van der Waals surface area contributed by atoms with Gasteiger partial charge in [-0.15, -0.1) is 0 Å².